The first kappa shape index (κ1) is 33.4. The summed E-state index contributed by atoms with van der Waals surface area (Å²) in [5, 5.41) is 5.89. The largest absolute Gasteiger partial charge is 0.444 e. The Bertz CT molecular complexity index is 1550. The molecule has 1 aliphatic carbocycles. The Morgan fingerprint density at radius 3 is 2.43 bits per heavy atom. The van der Waals surface area contributed by atoms with E-state index in [2.05, 4.69) is 20.5 Å². The molecule has 0 atom stereocenters. The first-order valence-corrected chi connectivity index (χ1v) is 16.8. The molecular weight excluding hydrogens is 607 g/mol. The third-order valence-corrected chi connectivity index (χ3v) is 8.91. The summed E-state index contributed by atoms with van der Waals surface area (Å²) >= 11 is 1.95. The Morgan fingerprint density at radius 1 is 1.02 bits per heavy atom. The number of benzene rings is 2. The van der Waals surface area contributed by atoms with E-state index in [0.717, 1.165) is 66.4 Å². The molecule has 0 spiro atoms. The maximum atomic E-state index is 14.3. The number of thioether (sulfide) groups is 1. The summed E-state index contributed by atoms with van der Waals surface area (Å²) < 4.78 is 25.8. The number of alkyl carbamates (subject to hydrolysis) is 1. The van der Waals surface area contributed by atoms with Gasteiger partial charge in [-0.15, -0.1) is 0 Å². The number of nitrogens with one attached hydrogen (secondary N) is 2. The summed E-state index contributed by atoms with van der Waals surface area (Å²) in [6, 6.07) is 14.1. The molecule has 0 radical (unpaired) electrons. The number of hydrogen-bond donors (Lipinski definition) is 2. The predicted octanol–water partition coefficient (Wildman–Crippen LogP) is 6.61. The van der Waals surface area contributed by atoms with Crippen molar-refractivity contribution in [3.05, 3.63) is 77.2 Å². The molecule has 244 valence electrons. The van der Waals surface area contributed by atoms with E-state index in [9.17, 15) is 18.8 Å². The maximum absolute atomic E-state index is 14.3. The molecule has 5 rings (SSSR count). The molecule has 0 unspecified atom stereocenters. The van der Waals surface area contributed by atoms with Gasteiger partial charge in [0, 0.05) is 48.8 Å². The number of ether oxygens (including phenoxy) is 2. The Labute approximate surface area is 273 Å². The van der Waals surface area contributed by atoms with Gasteiger partial charge in [0.05, 0.1) is 6.20 Å². The van der Waals surface area contributed by atoms with Crippen molar-refractivity contribution in [1.82, 2.24) is 20.5 Å². The van der Waals surface area contributed by atoms with Crippen LogP contribution in [0, 0.1) is 5.82 Å². The lowest BCUT2D eigenvalue weighted by molar-refractivity contribution is 0.0487. The minimum atomic E-state index is -0.646. The molecule has 0 bridgehead atoms. The summed E-state index contributed by atoms with van der Waals surface area (Å²) in [6.45, 7) is 8.15. The molecule has 2 fully saturated rings. The molecule has 3 aromatic rings. The van der Waals surface area contributed by atoms with Gasteiger partial charge in [-0.1, -0.05) is 24.3 Å². The number of rotatable bonds is 9. The zero-order valence-corrected chi connectivity index (χ0v) is 27.3. The van der Waals surface area contributed by atoms with Crippen LogP contribution < -0.4 is 15.4 Å². The molecule has 2 aliphatic rings. The number of amides is 2. The molecule has 2 aromatic carbocycles. The minimum absolute atomic E-state index is 0.00123. The van der Waals surface area contributed by atoms with Crippen LogP contribution in [-0.4, -0.2) is 70.5 Å². The Hall–Kier alpha value is -3.96. The van der Waals surface area contributed by atoms with Crippen LogP contribution in [0.15, 0.2) is 54.7 Å². The van der Waals surface area contributed by atoms with Crippen molar-refractivity contribution in [1.29, 1.82) is 0 Å². The number of halogens is 1. The van der Waals surface area contributed by atoms with Crippen LogP contribution in [0.3, 0.4) is 0 Å². The third-order valence-electron chi connectivity index (χ3n) is 7.97. The zero-order chi connectivity index (χ0) is 32.7. The van der Waals surface area contributed by atoms with Gasteiger partial charge >= 0.3 is 6.09 Å². The maximum Gasteiger partial charge on any atom is 0.407 e. The van der Waals surface area contributed by atoms with E-state index in [4.69, 9.17) is 9.47 Å². The second kappa shape index (κ2) is 15.1. The second-order valence-electron chi connectivity index (χ2n) is 12.7. The molecule has 2 amide bonds. The highest BCUT2D eigenvalue weighted by molar-refractivity contribution is 7.99. The number of hydrogen-bond acceptors (Lipinski definition) is 8. The standard InChI is InChI=1S/C35H41FN4O5S/c1-35(2,3)45-34(43)39-28-10-8-27(9-11-28)38-32(42)31-19-26(36)20-37-33(31)44-29-6-4-5-24(18-29)30-12-7-23(22-41)17-25(30)21-40-13-15-46-16-14-40/h4-7,12,17-20,22,27-28H,8-11,13-16,21H2,1-3H3,(H,38,42)(H,39,43). The lowest BCUT2D eigenvalue weighted by Gasteiger charge is -2.30. The van der Waals surface area contributed by atoms with Gasteiger partial charge in [0.1, 0.15) is 29.0 Å². The van der Waals surface area contributed by atoms with Crippen LogP contribution in [-0.2, 0) is 11.3 Å². The van der Waals surface area contributed by atoms with Crippen molar-refractivity contribution < 1.29 is 28.2 Å². The normalized spacial score (nSPS) is 18.8. The summed E-state index contributed by atoms with van der Waals surface area (Å²) in [7, 11) is 0. The summed E-state index contributed by atoms with van der Waals surface area (Å²) in [6.07, 6.45) is 4.08. The average Bonchev–Trinajstić information content (AvgIpc) is 3.02. The predicted molar refractivity (Wildman–Crippen MR) is 177 cm³/mol. The van der Waals surface area contributed by atoms with E-state index in [1.807, 2.05) is 62.9 Å². The van der Waals surface area contributed by atoms with Crippen molar-refractivity contribution in [2.24, 2.45) is 0 Å². The van der Waals surface area contributed by atoms with E-state index in [0.29, 0.717) is 37.0 Å². The van der Waals surface area contributed by atoms with Gasteiger partial charge in [0.25, 0.3) is 5.91 Å². The van der Waals surface area contributed by atoms with Crippen LogP contribution >= 0.6 is 11.8 Å². The van der Waals surface area contributed by atoms with Crippen molar-refractivity contribution in [3.63, 3.8) is 0 Å². The smallest absolute Gasteiger partial charge is 0.407 e. The fraction of sp³-hybridized carbons (Fsp3) is 0.429. The third kappa shape index (κ3) is 9.29. The molecule has 1 aliphatic heterocycles. The van der Waals surface area contributed by atoms with Crippen molar-refractivity contribution >= 4 is 30.0 Å². The summed E-state index contributed by atoms with van der Waals surface area (Å²) in [4.78, 5) is 43.6. The molecule has 46 heavy (non-hydrogen) atoms. The van der Waals surface area contributed by atoms with E-state index in [-0.39, 0.29) is 23.5 Å². The lowest BCUT2D eigenvalue weighted by atomic mass is 9.91. The van der Waals surface area contributed by atoms with E-state index in [1.54, 1.807) is 12.1 Å². The van der Waals surface area contributed by atoms with Gasteiger partial charge in [0.2, 0.25) is 5.88 Å². The van der Waals surface area contributed by atoms with Crippen LogP contribution in [0.2, 0.25) is 0 Å². The lowest BCUT2D eigenvalue weighted by Crippen LogP contribution is -2.45. The van der Waals surface area contributed by atoms with Gasteiger partial charge < -0.3 is 20.1 Å². The van der Waals surface area contributed by atoms with Crippen molar-refractivity contribution in [2.45, 2.75) is 70.7 Å². The number of aldehydes is 1. The van der Waals surface area contributed by atoms with Gasteiger partial charge in [-0.05, 0) is 87.4 Å². The topological polar surface area (TPSA) is 110 Å². The van der Waals surface area contributed by atoms with Crippen LogP contribution in [0.1, 0.15) is 72.7 Å². The average molecular weight is 649 g/mol. The van der Waals surface area contributed by atoms with E-state index < -0.39 is 23.4 Å². The van der Waals surface area contributed by atoms with Crippen molar-refractivity contribution in [3.8, 4) is 22.8 Å². The Kier molecular flexibility index (Phi) is 11.0. The molecule has 1 saturated carbocycles. The monoisotopic (exact) mass is 648 g/mol. The first-order valence-electron chi connectivity index (χ1n) is 15.7. The molecule has 11 heteroatoms. The Balaban J connectivity index is 1.27. The fourth-order valence-electron chi connectivity index (χ4n) is 5.73. The first-order chi connectivity index (χ1) is 22.1. The number of nitrogens with zero attached hydrogens (tertiary/aromatic N) is 2. The SMILES string of the molecule is CC(C)(C)OC(=O)NC1CCC(NC(=O)c2cc(F)cnc2Oc2cccc(-c3ccc(C=O)cc3CN3CCSCC3)c2)CC1. The number of pyridine rings is 1. The highest BCUT2D eigenvalue weighted by Gasteiger charge is 2.27. The molecule has 2 heterocycles. The van der Waals surface area contributed by atoms with Crippen molar-refractivity contribution in [2.75, 3.05) is 24.6 Å². The molecule has 2 N–H and O–H groups in total. The number of carbonyl (C=O) groups is 3. The fourth-order valence-corrected chi connectivity index (χ4v) is 6.71. The highest BCUT2D eigenvalue weighted by atomic mass is 32.2. The van der Waals surface area contributed by atoms with Gasteiger partial charge in [0.15, 0.2) is 0 Å². The van der Waals surface area contributed by atoms with Gasteiger partial charge in [-0.25, -0.2) is 14.2 Å². The zero-order valence-electron chi connectivity index (χ0n) is 26.5. The summed E-state index contributed by atoms with van der Waals surface area (Å²) in [5.74, 6) is 1.48. The number of carbonyl (C=O) groups excluding carboxylic acids is 3. The molecular formula is C35H41FN4O5S. The molecule has 1 saturated heterocycles. The second-order valence-corrected chi connectivity index (χ2v) is 14.0. The Morgan fingerprint density at radius 2 is 1.74 bits per heavy atom. The minimum Gasteiger partial charge on any atom is -0.444 e. The highest BCUT2D eigenvalue weighted by Crippen LogP contribution is 2.32. The van der Waals surface area contributed by atoms with Gasteiger partial charge in [-0.3, -0.25) is 14.5 Å². The van der Waals surface area contributed by atoms with E-state index >= 15 is 0 Å². The molecule has 9 nitrogen and oxygen atoms in total. The quantitative estimate of drug-likeness (QED) is 0.250. The van der Waals surface area contributed by atoms with Crippen LogP contribution in [0.4, 0.5) is 9.18 Å². The van der Waals surface area contributed by atoms with Crippen LogP contribution in [0.25, 0.3) is 11.1 Å². The number of aromatic nitrogens is 1. The molecule has 1 aromatic heterocycles. The van der Waals surface area contributed by atoms with Crippen LogP contribution in [0.5, 0.6) is 11.6 Å². The summed E-state index contributed by atoms with van der Waals surface area (Å²) in [5.41, 5.74) is 2.96. The van der Waals surface area contributed by atoms with Gasteiger partial charge in [-0.2, -0.15) is 11.8 Å². The van der Waals surface area contributed by atoms with E-state index in [1.165, 1.54) is 0 Å².